The van der Waals surface area contributed by atoms with Crippen LogP contribution >= 0.6 is 23.2 Å². The zero-order valence-electron chi connectivity index (χ0n) is 9.64. The van der Waals surface area contributed by atoms with Gasteiger partial charge in [0, 0.05) is 5.92 Å². The van der Waals surface area contributed by atoms with Crippen molar-refractivity contribution in [1.82, 2.24) is 0 Å². The minimum atomic E-state index is -1.14. The van der Waals surface area contributed by atoms with Crippen molar-refractivity contribution in [1.29, 1.82) is 0 Å². The average Bonchev–Trinajstić information content (AvgIpc) is 2.62. The summed E-state index contributed by atoms with van der Waals surface area (Å²) in [4.78, 5) is 23.5. The van der Waals surface area contributed by atoms with Crippen LogP contribution in [0.1, 0.15) is 20.8 Å². The maximum Gasteiger partial charge on any atom is 0.320 e. The van der Waals surface area contributed by atoms with Crippen LogP contribution in [0, 0.1) is 16.7 Å². The fourth-order valence-corrected chi connectivity index (χ4v) is 2.88. The van der Waals surface area contributed by atoms with E-state index in [0.29, 0.717) is 0 Å². The van der Waals surface area contributed by atoms with Crippen LogP contribution in [0.2, 0.25) is 0 Å². The predicted molar refractivity (Wildman–Crippen MR) is 62.2 cm³/mol. The first-order valence-corrected chi connectivity index (χ1v) is 5.60. The van der Waals surface area contributed by atoms with Gasteiger partial charge >= 0.3 is 5.97 Å². The molecule has 3 nitrogen and oxygen atoms in total. The number of methoxy groups -OCH3 is 1. The Kier molecular flexibility index (Phi) is 3.42. The van der Waals surface area contributed by atoms with Crippen molar-refractivity contribution in [2.75, 3.05) is 7.11 Å². The molecular formula is C11H14Cl2O3. The summed E-state index contributed by atoms with van der Waals surface area (Å²) in [5.41, 5.74) is -1.66. The molecule has 0 bridgehead atoms. The van der Waals surface area contributed by atoms with Crippen LogP contribution in [0.15, 0.2) is 10.6 Å². The SMILES string of the molecule is COC(=O)C1(C(C)=O)C(C=C(Cl)Cl)C1(C)C. The molecule has 0 aromatic rings. The van der Waals surface area contributed by atoms with E-state index in [9.17, 15) is 9.59 Å². The molecule has 1 aliphatic carbocycles. The quantitative estimate of drug-likeness (QED) is 0.582. The topological polar surface area (TPSA) is 43.4 Å². The molecule has 1 fully saturated rings. The minimum Gasteiger partial charge on any atom is -0.468 e. The highest BCUT2D eigenvalue weighted by molar-refractivity contribution is 6.55. The van der Waals surface area contributed by atoms with Crippen molar-refractivity contribution in [2.45, 2.75) is 20.8 Å². The van der Waals surface area contributed by atoms with Crippen LogP contribution in [0.3, 0.4) is 0 Å². The first kappa shape index (κ1) is 13.5. The summed E-state index contributed by atoms with van der Waals surface area (Å²) < 4.78 is 4.77. The molecule has 0 N–H and O–H groups in total. The molecule has 0 heterocycles. The maximum absolute atomic E-state index is 11.8. The highest BCUT2D eigenvalue weighted by Gasteiger charge is 2.78. The number of carbonyl (C=O) groups is 2. The lowest BCUT2D eigenvalue weighted by Crippen LogP contribution is -2.30. The second kappa shape index (κ2) is 4.04. The molecule has 0 amide bonds. The van der Waals surface area contributed by atoms with E-state index in [1.807, 2.05) is 13.8 Å². The lowest BCUT2D eigenvalue weighted by molar-refractivity contribution is -0.152. The lowest BCUT2D eigenvalue weighted by atomic mass is 9.92. The third kappa shape index (κ3) is 1.57. The highest BCUT2D eigenvalue weighted by Crippen LogP contribution is 2.70. The van der Waals surface area contributed by atoms with Gasteiger partial charge in [0.05, 0.1) is 7.11 Å². The fraction of sp³-hybridized carbons (Fsp3) is 0.636. The standard InChI is InChI=1S/C11H14Cl2O3/c1-6(14)11(9(15)16-4)7(5-8(12)13)10(11,2)3/h5,7H,1-4H3. The van der Waals surface area contributed by atoms with Crippen LogP contribution in [0.5, 0.6) is 0 Å². The number of ether oxygens (including phenoxy) is 1. The Morgan fingerprint density at radius 3 is 2.12 bits per heavy atom. The van der Waals surface area contributed by atoms with Crippen molar-refractivity contribution in [2.24, 2.45) is 16.7 Å². The van der Waals surface area contributed by atoms with Gasteiger partial charge in [-0.15, -0.1) is 0 Å². The highest BCUT2D eigenvalue weighted by atomic mass is 35.5. The Hall–Kier alpha value is -0.540. The van der Waals surface area contributed by atoms with Gasteiger partial charge in [0.25, 0.3) is 0 Å². The number of Topliss-reactive ketones (excluding diaryl/α,β-unsaturated/α-hetero) is 1. The molecule has 0 aliphatic heterocycles. The molecule has 90 valence electrons. The van der Waals surface area contributed by atoms with Gasteiger partial charge in [-0.1, -0.05) is 37.0 Å². The van der Waals surface area contributed by atoms with E-state index in [-0.39, 0.29) is 16.2 Å². The molecule has 0 aromatic carbocycles. The van der Waals surface area contributed by atoms with Gasteiger partial charge in [-0.3, -0.25) is 9.59 Å². The van der Waals surface area contributed by atoms with Crippen LogP contribution < -0.4 is 0 Å². The number of rotatable bonds is 3. The van der Waals surface area contributed by atoms with E-state index in [0.717, 1.165) is 0 Å². The van der Waals surface area contributed by atoms with Gasteiger partial charge in [-0.2, -0.15) is 0 Å². The number of ketones is 1. The molecule has 1 saturated carbocycles. The van der Waals surface area contributed by atoms with Crippen LogP contribution in [-0.4, -0.2) is 18.9 Å². The maximum atomic E-state index is 11.8. The number of allylic oxidation sites excluding steroid dienone is 1. The summed E-state index contributed by atoms with van der Waals surface area (Å²) in [5, 5.41) is 0. The van der Waals surface area contributed by atoms with E-state index in [2.05, 4.69) is 0 Å². The Labute approximate surface area is 105 Å². The van der Waals surface area contributed by atoms with E-state index in [1.54, 1.807) is 0 Å². The molecule has 5 heteroatoms. The summed E-state index contributed by atoms with van der Waals surface area (Å²) in [6.07, 6.45) is 1.53. The molecule has 1 rings (SSSR count). The van der Waals surface area contributed by atoms with Gasteiger partial charge in [-0.25, -0.2) is 0 Å². The fourth-order valence-electron chi connectivity index (χ4n) is 2.63. The third-order valence-corrected chi connectivity index (χ3v) is 3.78. The summed E-state index contributed by atoms with van der Waals surface area (Å²) in [7, 11) is 1.27. The van der Waals surface area contributed by atoms with Gasteiger partial charge in [0.15, 0.2) is 0 Å². The predicted octanol–water partition coefficient (Wildman–Crippen LogP) is 2.71. The molecule has 0 spiro atoms. The molecular weight excluding hydrogens is 251 g/mol. The average molecular weight is 265 g/mol. The molecule has 0 saturated heterocycles. The van der Waals surface area contributed by atoms with Crippen molar-refractivity contribution < 1.29 is 14.3 Å². The Morgan fingerprint density at radius 1 is 1.31 bits per heavy atom. The van der Waals surface area contributed by atoms with E-state index < -0.39 is 16.8 Å². The Balaban J connectivity index is 3.21. The van der Waals surface area contributed by atoms with E-state index in [4.69, 9.17) is 27.9 Å². The number of esters is 1. The molecule has 1 aliphatic rings. The van der Waals surface area contributed by atoms with Crippen molar-refractivity contribution in [3.63, 3.8) is 0 Å². The number of carbonyl (C=O) groups excluding carboxylic acids is 2. The second-order valence-corrected chi connectivity index (χ2v) is 5.52. The number of hydrogen-bond donors (Lipinski definition) is 0. The largest absolute Gasteiger partial charge is 0.468 e. The van der Waals surface area contributed by atoms with Gasteiger partial charge in [-0.05, 0) is 18.4 Å². The molecule has 16 heavy (non-hydrogen) atoms. The summed E-state index contributed by atoms with van der Waals surface area (Å²) in [6, 6.07) is 0. The molecule has 2 atom stereocenters. The lowest BCUT2D eigenvalue weighted by Gasteiger charge is -2.13. The zero-order valence-corrected chi connectivity index (χ0v) is 11.1. The van der Waals surface area contributed by atoms with Crippen molar-refractivity contribution in [3.05, 3.63) is 10.6 Å². The van der Waals surface area contributed by atoms with E-state index >= 15 is 0 Å². The smallest absolute Gasteiger partial charge is 0.320 e. The summed E-state index contributed by atoms with van der Waals surface area (Å²) in [5.74, 6) is -1.06. The van der Waals surface area contributed by atoms with Crippen molar-refractivity contribution in [3.8, 4) is 0 Å². The number of halogens is 2. The van der Waals surface area contributed by atoms with Gasteiger partial charge in [0.1, 0.15) is 15.7 Å². The second-order valence-electron chi connectivity index (χ2n) is 4.51. The first-order valence-electron chi connectivity index (χ1n) is 4.85. The normalized spacial score (nSPS) is 30.5. The summed E-state index contributed by atoms with van der Waals surface area (Å²) >= 11 is 11.2. The first-order chi connectivity index (χ1) is 7.22. The van der Waals surface area contributed by atoms with Crippen LogP contribution in [0.25, 0.3) is 0 Å². The monoisotopic (exact) mass is 264 g/mol. The Morgan fingerprint density at radius 2 is 1.81 bits per heavy atom. The van der Waals surface area contributed by atoms with Gasteiger partial charge < -0.3 is 4.74 Å². The minimum absolute atomic E-state index is 0.0603. The van der Waals surface area contributed by atoms with E-state index in [1.165, 1.54) is 20.1 Å². The Bertz CT molecular complexity index is 369. The van der Waals surface area contributed by atoms with Gasteiger partial charge in [0.2, 0.25) is 0 Å². The zero-order chi connectivity index (χ0) is 12.7. The summed E-state index contributed by atoms with van der Waals surface area (Å²) in [6.45, 7) is 5.03. The molecule has 0 radical (unpaired) electrons. The molecule has 2 unspecified atom stereocenters. The molecule has 0 aromatic heterocycles. The third-order valence-electron chi connectivity index (χ3n) is 3.53. The number of hydrogen-bond acceptors (Lipinski definition) is 3. The van der Waals surface area contributed by atoms with Crippen molar-refractivity contribution >= 4 is 35.0 Å². The van der Waals surface area contributed by atoms with Crippen LogP contribution in [0.4, 0.5) is 0 Å². The van der Waals surface area contributed by atoms with Crippen LogP contribution in [-0.2, 0) is 14.3 Å².